The number of aromatic nitrogens is 1. The smallest absolute Gasteiger partial charge is 0.105 e. The standard InChI is InChI=1S/C15H11N2S/c18-13-6-2-5-12-14(13)16-9-11-4-1-3-10-7-8-17(12)15(10)11/h2,4-9H,1,3H2. The first kappa shape index (κ1) is 10.1. The van der Waals surface area contributed by atoms with Gasteiger partial charge in [0.2, 0.25) is 0 Å². The van der Waals surface area contributed by atoms with Crippen molar-refractivity contribution in [2.75, 3.05) is 0 Å². The van der Waals surface area contributed by atoms with Gasteiger partial charge < -0.3 is 4.57 Å². The van der Waals surface area contributed by atoms with Crippen molar-refractivity contribution in [3.63, 3.8) is 0 Å². The van der Waals surface area contributed by atoms with Gasteiger partial charge in [0, 0.05) is 18.0 Å². The van der Waals surface area contributed by atoms with Crippen LogP contribution in [0.1, 0.15) is 17.7 Å². The maximum absolute atomic E-state index is 5.38. The van der Waals surface area contributed by atoms with E-state index in [-0.39, 0.29) is 0 Å². The molecule has 0 saturated heterocycles. The van der Waals surface area contributed by atoms with Crippen LogP contribution in [-0.4, -0.2) is 10.8 Å². The lowest BCUT2D eigenvalue weighted by atomic mass is 9.98. The Balaban J connectivity index is 2.12. The topological polar surface area (TPSA) is 17.3 Å². The van der Waals surface area contributed by atoms with Crippen molar-refractivity contribution in [2.24, 2.45) is 4.99 Å². The molecule has 1 aromatic carbocycles. The van der Waals surface area contributed by atoms with E-state index in [0.717, 1.165) is 29.1 Å². The number of rotatable bonds is 0. The summed E-state index contributed by atoms with van der Waals surface area (Å²) in [5.74, 6) is 0. The molecular formula is C15H11N2S. The third-order valence-corrected chi connectivity index (χ3v) is 3.92. The Morgan fingerprint density at radius 1 is 1.22 bits per heavy atom. The van der Waals surface area contributed by atoms with E-state index in [1.54, 1.807) is 0 Å². The van der Waals surface area contributed by atoms with Crippen molar-refractivity contribution in [1.82, 2.24) is 4.57 Å². The Bertz CT molecular complexity index is 707. The average molecular weight is 251 g/mol. The first-order valence-electron chi connectivity index (χ1n) is 6.10. The minimum Gasteiger partial charge on any atom is -0.314 e. The minimum absolute atomic E-state index is 0.811. The van der Waals surface area contributed by atoms with Gasteiger partial charge in [-0.25, -0.2) is 0 Å². The summed E-state index contributed by atoms with van der Waals surface area (Å²) in [5, 5.41) is 0. The number of para-hydroxylation sites is 1. The van der Waals surface area contributed by atoms with Gasteiger partial charge in [0.25, 0.3) is 0 Å². The predicted octanol–water partition coefficient (Wildman–Crippen LogP) is 4.08. The molecule has 1 aromatic heterocycles. The summed E-state index contributed by atoms with van der Waals surface area (Å²) in [5.41, 5.74) is 5.89. The maximum Gasteiger partial charge on any atom is 0.105 e. The molecule has 0 amide bonds. The van der Waals surface area contributed by atoms with Crippen LogP contribution >= 0.6 is 12.6 Å². The third kappa shape index (κ3) is 1.25. The quantitative estimate of drug-likeness (QED) is 0.671. The fourth-order valence-electron chi connectivity index (χ4n) is 2.76. The number of allylic oxidation sites excluding steroid dienone is 2. The molecule has 0 N–H and O–H groups in total. The molecule has 1 radical (unpaired) electrons. The highest BCUT2D eigenvalue weighted by Crippen LogP contribution is 2.38. The molecule has 0 unspecified atom stereocenters. The van der Waals surface area contributed by atoms with Crippen molar-refractivity contribution < 1.29 is 0 Å². The van der Waals surface area contributed by atoms with Gasteiger partial charge >= 0.3 is 0 Å². The van der Waals surface area contributed by atoms with Crippen LogP contribution in [-0.2, 0) is 6.42 Å². The summed E-state index contributed by atoms with van der Waals surface area (Å²) in [7, 11) is 0. The summed E-state index contributed by atoms with van der Waals surface area (Å²) in [6.45, 7) is 0. The van der Waals surface area contributed by atoms with Crippen molar-refractivity contribution in [2.45, 2.75) is 17.7 Å². The number of aryl methyl sites for hydroxylation is 1. The Morgan fingerprint density at radius 3 is 3.11 bits per heavy atom. The normalized spacial score (nSPS) is 15.7. The fraction of sp³-hybridized carbons (Fsp3) is 0.133. The van der Waals surface area contributed by atoms with E-state index >= 15 is 0 Å². The molecule has 0 spiro atoms. The first-order chi connectivity index (χ1) is 8.84. The number of hydrogen-bond acceptors (Lipinski definition) is 1. The molecule has 3 heteroatoms. The second-order valence-electron chi connectivity index (χ2n) is 4.64. The van der Waals surface area contributed by atoms with Crippen molar-refractivity contribution in [3.05, 3.63) is 47.8 Å². The number of aliphatic imine (C=N–C) groups is 1. The van der Waals surface area contributed by atoms with Gasteiger partial charge in [-0.2, -0.15) is 0 Å². The number of nitrogens with zero attached hydrogens (tertiary/aromatic N) is 2. The molecule has 0 bridgehead atoms. The van der Waals surface area contributed by atoms with Crippen LogP contribution in [0.3, 0.4) is 0 Å². The van der Waals surface area contributed by atoms with Crippen molar-refractivity contribution >= 4 is 30.1 Å². The highest BCUT2D eigenvalue weighted by Gasteiger charge is 2.21. The lowest BCUT2D eigenvalue weighted by Gasteiger charge is -2.14. The summed E-state index contributed by atoms with van der Waals surface area (Å²) < 4.78 is 2.22. The number of fused-ring (bicyclic) bond motifs is 2. The SMILES string of the molecule is [S]c1cccc2c1N=CC1=CCCc3ccn-2c31. The van der Waals surface area contributed by atoms with Crippen molar-refractivity contribution in [1.29, 1.82) is 0 Å². The molecule has 2 aliphatic rings. The van der Waals surface area contributed by atoms with Crippen LogP contribution in [0.15, 0.2) is 46.4 Å². The number of benzene rings is 1. The molecule has 2 aromatic rings. The fourth-order valence-corrected chi connectivity index (χ4v) is 3.00. The predicted molar refractivity (Wildman–Crippen MR) is 76.1 cm³/mol. The zero-order valence-electron chi connectivity index (χ0n) is 9.76. The summed E-state index contributed by atoms with van der Waals surface area (Å²) in [6.07, 6.45) is 8.55. The maximum atomic E-state index is 5.38. The Labute approximate surface area is 111 Å². The minimum atomic E-state index is 0.811. The van der Waals surface area contributed by atoms with Gasteiger partial charge in [0.05, 0.1) is 16.3 Å². The van der Waals surface area contributed by atoms with E-state index in [9.17, 15) is 0 Å². The van der Waals surface area contributed by atoms with Crippen LogP contribution in [0.25, 0.3) is 11.3 Å². The van der Waals surface area contributed by atoms with Gasteiger partial charge in [-0.1, -0.05) is 24.8 Å². The Kier molecular flexibility index (Phi) is 2.00. The molecule has 0 atom stereocenters. The van der Waals surface area contributed by atoms with Crippen LogP contribution in [0.2, 0.25) is 0 Å². The van der Waals surface area contributed by atoms with Gasteiger partial charge in [0.1, 0.15) is 5.69 Å². The lowest BCUT2D eigenvalue weighted by Crippen LogP contribution is -2.03. The Hall–Kier alpha value is -1.87. The molecule has 2 nitrogen and oxygen atoms in total. The van der Waals surface area contributed by atoms with Crippen LogP contribution in [0.5, 0.6) is 0 Å². The molecule has 18 heavy (non-hydrogen) atoms. The first-order valence-corrected chi connectivity index (χ1v) is 6.50. The Morgan fingerprint density at radius 2 is 2.17 bits per heavy atom. The van der Waals surface area contributed by atoms with Gasteiger partial charge in [-0.3, -0.25) is 4.99 Å². The number of hydrogen-bond donors (Lipinski definition) is 0. The van der Waals surface area contributed by atoms with Gasteiger partial charge in [-0.15, -0.1) is 0 Å². The van der Waals surface area contributed by atoms with Crippen molar-refractivity contribution in [3.8, 4) is 5.69 Å². The third-order valence-electron chi connectivity index (χ3n) is 3.59. The van der Waals surface area contributed by atoms with Crippen LogP contribution < -0.4 is 0 Å². The molecule has 0 saturated carbocycles. The molecule has 2 heterocycles. The average Bonchev–Trinajstić information content (AvgIpc) is 2.73. The zero-order valence-corrected chi connectivity index (χ0v) is 10.6. The lowest BCUT2D eigenvalue weighted by molar-refractivity contribution is 0.954. The van der Waals surface area contributed by atoms with E-state index < -0.39 is 0 Å². The zero-order chi connectivity index (χ0) is 12.1. The summed E-state index contributed by atoms with van der Waals surface area (Å²) in [6, 6.07) is 8.23. The summed E-state index contributed by atoms with van der Waals surface area (Å²) in [4.78, 5) is 5.39. The van der Waals surface area contributed by atoms with E-state index in [4.69, 9.17) is 12.6 Å². The van der Waals surface area contributed by atoms with E-state index in [0.29, 0.717) is 0 Å². The monoisotopic (exact) mass is 251 g/mol. The molecule has 1 aliphatic heterocycles. The van der Waals surface area contributed by atoms with Gasteiger partial charge in [-0.05, 0) is 36.6 Å². The van der Waals surface area contributed by atoms with E-state index in [1.807, 2.05) is 18.3 Å². The molecule has 1 aliphatic carbocycles. The second-order valence-corrected chi connectivity index (χ2v) is 5.08. The highest BCUT2D eigenvalue weighted by molar-refractivity contribution is 7.80. The summed E-state index contributed by atoms with van der Waals surface area (Å²) >= 11 is 5.38. The van der Waals surface area contributed by atoms with Gasteiger partial charge in [0.15, 0.2) is 0 Å². The van der Waals surface area contributed by atoms with E-state index in [2.05, 4.69) is 34.0 Å². The van der Waals surface area contributed by atoms with Crippen LogP contribution in [0.4, 0.5) is 5.69 Å². The largest absolute Gasteiger partial charge is 0.314 e. The van der Waals surface area contributed by atoms with E-state index in [1.165, 1.54) is 16.8 Å². The second kappa shape index (κ2) is 3.56. The molecule has 0 fully saturated rings. The van der Waals surface area contributed by atoms with Crippen LogP contribution in [0, 0.1) is 0 Å². The molecular weight excluding hydrogens is 240 g/mol. The molecule has 87 valence electrons. The molecule has 4 rings (SSSR count). The highest BCUT2D eigenvalue weighted by atomic mass is 32.1.